The van der Waals surface area contributed by atoms with Gasteiger partial charge in [0, 0.05) is 0 Å². The first-order valence-corrected chi connectivity index (χ1v) is 8.23. The Labute approximate surface area is 122 Å². The third kappa shape index (κ3) is 2.90. The first kappa shape index (κ1) is 14.3. The molecule has 3 N–H and O–H groups in total. The zero-order valence-electron chi connectivity index (χ0n) is 9.78. The van der Waals surface area contributed by atoms with E-state index in [9.17, 15) is 12.8 Å². The van der Waals surface area contributed by atoms with Crippen molar-refractivity contribution in [2.24, 2.45) is 0 Å². The van der Waals surface area contributed by atoms with E-state index in [1.54, 1.807) is 6.92 Å². The molecule has 0 unspecified atom stereocenters. The SMILES string of the molecule is Cc1cc(S(=O)(=O)Nc2c(N)cccc2F)sc1Br. The van der Waals surface area contributed by atoms with Crippen LogP contribution in [0.2, 0.25) is 0 Å². The second-order valence-corrected chi connectivity index (χ2v) is 8.11. The summed E-state index contributed by atoms with van der Waals surface area (Å²) in [7, 11) is -3.84. The van der Waals surface area contributed by atoms with Crippen molar-refractivity contribution in [1.29, 1.82) is 0 Å². The van der Waals surface area contributed by atoms with Gasteiger partial charge in [-0.2, -0.15) is 0 Å². The Balaban J connectivity index is 2.42. The summed E-state index contributed by atoms with van der Waals surface area (Å²) in [6.45, 7) is 1.77. The Kier molecular flexibility index (Phi) is 3.84. The van der Waals surface area contributed by atoms with E-state index in [-0.39, 0.29) is 15.6 Å². The minimum atomic E-state index is -3.84. The van der Waals surface area contributed by atoms with Crippen LogP contribution in [0.5, 0.6) is 0 Å². The molecule has 1 heterocycles. The molecule has 1 aromatic carbocycles. The second kappa shape index (κ2) is 5.10. The van der Waals surface area contributed by atoms with E-state index in [0.29, 0.717) is 0 Å². The quantitative estimate of drug-likeness (QED) is 0.820. The maximum atomic E-state index is 13.6. The van der Waals surface area contributed by atoms with Crippen molar-refractivity contribution < 1.29 is 12.8 Å². The molecule has 8 heteroatoms. The fourth-order valence-corrected chi connectivity index (χ4v) is 4.72. The van der Waals surface area contributed by atoms with Gasteiger partial charge in [-0.25, -0.2) is 12.8 Å². The average molecular weight is 365 g/mol. The molecular formula is C11H10BrFN2O2S2. The maximum Gasteiger partial charge on any atom is 0.271 e. The monoisotopic (exact) mass is 364 g/mol. The van der Waals surface area contributed by atoms with Crippen LogP contribution >= 0.6 is 27.3 Å². The number of aryl methyl sites for hydroxylation is 1. The molecule has 1 aromatic heterocycles. The number of thiophene rings is 1. The summed E-state index contributed by atoms with van der Waals surface area (Å²) in [6.07, 6.45) is 0. The van der Waals surface area contributed by atoms with Crippen LogP contribution in [0, 0.1) is 12.7 Å². The summed E-state index contributed by atoms with van der Waals surface area (Å²) >= 11 is 4.31. The Morgan fingerprint density at radius 3 is 2.63 bits per heavy atom. The number of sulfonamides is 1. The van der Waals surface area contributed by atoms with Crippen molar-refractivity contribution in [2.75, 3.05) is 10.5 Å². The number of nitrogen functional groups attached to an aromatic ring is 1. The minimum absolute atomic E-state index is 0.0379. The van der Waals surface area contributed by atoms with Crippen molar-refractivity contribution in [1.82, 2.24) is 0 Å². The Hall–Kier alpha value is -1.12. The van der Waals surface area contributed by atoms with Crippen LogP contribution in [0.1, 0.15) is 5.56 Å². The molecule has 0 aliphatic carbocycles. The topological polar surface area (TPSA) is 72.2 Å². The number of hydrogen-bond acceptors (Lipinski definition) is 4. The first-order chi connectivity index (χ1) is 8.81. The van der Waals surface area contributed by atoms with Gasteiger partial charge >= 0.3 is 0 Å². The molecule has 0 bridgehead atoms. The molecule has 0 fully saturated rings. The normalized spacial score (nSPS) is 11.5. The average Bonchev–Trinajstić information content (AvgIpc) is 2.66. The summed E-state index contributed by atoms with van der Waals surface area (Å²) in [5.41, 5.74) is 6.17. The highest BCUT2D eigenvalue weighted by molar-refractivity contribution is 9.11. The number of nitrogens with one attached hydrogen (secondary N) is 1. The number of halogens is 2. The van der Waals surface area contributed by atoms with Crippen molar-refractivity contribution in [3.05, 3.63) is 39.4 Å². The van der Waals surface area contributed by atoms with Crippen LogP contribution in [-0.2, 0) is 10.0 Å². The zero-order chi connectivity index (χ0) is 14.2. The van der Waals surface area contributed by atoms with Crippen LogP contribution in [0.15, 0.2) is 32.3 Å². The summed E-state index contributed by atoms with van der Waals surface area (Å²) in [4.78, 5) is 0. The molecule has 4 nitrogen and oxygen atoms in total. The van der Waals surface area contributed by atoms with Crippen molar-refractivity contribution in [2.45, 2.75) is 11.1 Å². The van der Waals surface area contributed by atoms with Gasteiger partial charge in [0.1, 0.15) is 15.7 Å². The number of hydrogen-bond donors (Lipinski definition) is 2. The van der Waals surface area contributed by atoms with Gasteiger partial charge in [-0.05, 0) is 46.6 Å². The summed E-state index contributed by atoms with van der Waals surface area (Å²) in [5, 5.41) is 0. The molecule has 0 amide bonds. The molecule has 0 saturated carbocycles. The van der Waals surface area contributed by atoms with Gasteiger partial charge in [-0.1, -0.05) is 6.07 Å². The molecule has 0 aliphatic rings. The zero-order valence-corrected chi connectivity index (χ0v) is 13.0. The number of anilines is 2. The predicted octanol–water partition coefficient (Wildman–Crippen LogP) is 3.34. The van der Waals surface area contributed by atoms with Crippen molar-refractivity contribution in [3.8, 4) is 0 Å². The van der Waals surface area contributed by atoms with Crippen LogP contribution in [-0.4, -0.2) is 8.42 Å². The molecule has 0 radical (unpaired) electrons. The summed E-state index contributed by atoms with van der Waals surface area (Å²) in [6, 6.07) is 5.49. The van der Waals surface area contributed by atoms with Crippen LogP contribution in [0.25, 0.3) is 0 Å². The smallest absolute Gasteiger partial charge is 0.271 e. The molecule has 19 heavy (non-hydrogen) atoms. The molecule has 2 rings (SSSR count). The Morgan fingerprint density at radius 1 is 1.42 bits per heavy atom. The molecule has 2 aromatic rings. The van der Waals surface area contributed by atoms with Gasteiger partial charge in [-0.15, -0.1) is 11.3 Å². The Morgan fingerprint density at radius 2 is 2.11 bits per heavy atom. The van der Waals surface area contributed by atoms with Crippen LogP contribution < -0.4 is 10.5 Å². The van der Waals surface area contributed by atoms with Gasteiger partial charge in [0.05, 0.1) is 9.47 Å². The highest BCUT2D eigenvalue weighted by Crippen LogP contribution is 2.33. The highest BCUT2D eigenvalue weighted by atomic mass is 79.9. The molecule has 0 atom stereocenters. The largest absolute Gasteiger partial charge is 0.397 e. The fraction of sp³-hybridized carbons (Fsp3) is 0.0909. The fourth-order valence-electron chi connectivity index (χ4n) is 1.40. The van der Waals surface area contributed by atoms with Crippen LogP contribution in [0.4, 0.5) is 15.8 Å². The summed E-state index contributed by atoms with van der Waals surface area (Å²) < 4.78 is 40.8. The molecule has 0 saturated heterocycles. The van der Waals surface area contributed by atoms with E-state index in [2.05, 4.69) is 20.7 Å². The van der Waals surface area contributed by atoms with E-state index < -0.39 is 15.8 Å². The van der Waals surface area contributed by atoms with E-state index in [1.165, 1.54) is 18.2 Å². The van der Waals surface area contributed by atoms with Gasteiger partial charge in [0.25, 0.3) is 10.0 Å². The van der Waals surface area contributed by atoms with Gasteiger partial charge in [0.15, 0.2) is 0 Å². The third-order valence-electron chi connectivity index (χ3n) is 2.38. The number of nitrogens with two attached hydrogens (primary N) is 1. The summed E-state index contributed by atoms with van der Waals surface area (Å²) in [5.74, 6) is -0.712. The van der Waals surface area contributed by atoms with Gasteiger partial charge in [-0.3, -0.25) is 4.72 Å². The lowest BCUT2D eigenvalue weighted by Gasteiger charge is -2.09. The molecule has 0 aliphatic heterocycles. The maximum absolute atomic E-state index is 13.6. The van der Waals surface area contributed by atoms with E-state index >= 15 is 0 Å². The number of benzene rings is 1. The Bertz CT molecular complexity index is 689. The van der Waals surface area contributed by atoms with Crippen LogP contribution in [0.3, 0.4) is 0 Å². The van der Waals surface area contributed by atoms with Crippen molar-refractivity contribution >= 4 is 48.7 Å². The minimum Gasteiger partial charge on any atom is -0.397 e. The lowest BCUT2D eigenvalue weighted by molar-refractivity contribution is 0.600. The van der Waals surface area contributed by atoms with E-state index in [1.807, 2.05) is 0 Å². The molecule has 0 spiro atoms. The number of para-hydroxylation sites is 1. The van der Waals surface area contributed by atoms with E-state index in [4.69, 9.17) is 5.73 Å². The van der Waals surface area contributed by atoms with E-state index in [0.717, 1.165) is 26.8 Å². The predicted molar refractivity (Wildman–Crippen MR) is 78.4 cm³/mol. The third-order valence-corrected chi connectivity index (χ3v) is 6.34. The lowest BCUT2D eigenvalue weighted by Crippen LogP contribution is -2.14. The van der Waals surface area contributed by atoms with Gasteiger partial charge < -0.3 is 5.73 Å². The number of rotatable bonds is 3. The molecular weight excluding hydrogens is 355 g/mol. The van der Waals surface area contributed by atoms with Crippen molar-refractivity contribution in [3.63, 3.8) is 0 Å². The second-order valence-electron chi connectivity index (χ2n) is 3.83. The van der Waals surface area contributed by atoms with Gasteiger partial charge in [0.2, 0.25) is 0 Å². The highest BCUT2D eigenvalue weighted by Gasteiger charge is 2.21. The first-order valence-electron chi connectivity index (χ1n) is 5.14. The lowest BCUT2D eigenvalue weighted by atomic mass is 10.3. The standard InChI is InChI=1S/C11H10BrFN2O2S2/c1-6-5-9(18-11(6)12)19(16,17)15-10-7(13)3-2-4-8(10)14/h2-5,15H,14H2,1H3. The molecule has 102 valence electrons.